The third kappa shape index (κ3) is 6.82. The molecule has 0 unspecified atom stereocenters. The van der Waals surface area contributed by atoms with E-state index in [2.05, 4.69) is 11.4 Å². The molecule has 0 saturated heterocycles. The van der Waals surface area contributed by atoms with Crippen LogP contribution in [-0.2, 0) is 11.2 Å². The van der Waals surface area contributed by atoms with E-state index in [0.29, 0.717) is 28.5 Å². The van der Waals surface area contributed by atoms with Gasteiger partial charge < -0.3 is 25.0 Å². The summed E-state index contributed by atoms with van der Waals surface area (Å²) >= 11 is 0. The van der Waals surface area contributed by atoms with Gasteiger partial charge in [0.1, 0.15) is 30.0 Å². The van der Waals surface area contributed by atoms with Crippen LogP contribution in [0.25, 0.3) is 0 Å². The average Bonchev–Trinajstić information content (AvgIpc) is 2.80. The summed E-state index contributed by atoms with van der Waals surface area (Å²) in [6.45, 7) is 5.29. The summed E-state index contributed by atoms with van der Waals surface area (Å²) in [6, 6.07) is 18.3. The highest BCUT2D eigenvalue weighted by atomic mass is 16.5. The van der Waals surface area contributed by atoms with E-state index in [1.807, 2.05) is 45.0 Å². The lowest BCUT2D eigenvalue weighted by molar-refractivity contribution is -0.115. The fourth-order valence-corrected chi connectivity index (χ4v) is 3.35. The highest BCUT2D eigenvalue weighted by Gasteiger charge is 2.11. The number of benzene rings is 3. The summed E-state index contributed by atoms with van der Waals surface area (Å²) in [5, 5.41) is 30.4. The van der Waals surface area contributed by atoms with Crippen molar-refractivity contribution in [3.63, 3.8) is 0 Å². The first kappa shape index (κ1) is 24.8. The first-order valence-electron chi connectivity index (χ1n) is 10.9. The van der Waals surface area contributed by atoms with Crippen molar-refractivity contribution in [2.75, 3.05) is 18.5 Å². The van der Waals surface area contributed by atoms with Crippen molar-refractivity contribution >= 4 is 11.6 Å². The number of rotatable bonds is 9. The van der Waals surface area contributed by atoms with Gasteiger partial charge in [-0.3, -0.25) is 4.79 Å². The van der Waals surface area contributed by atoms with Gasteiger partial charge in [0.05, 0.1) is 24.7 Å². The van der Waals surface area contributed by atoms with Gasteiger partial charge in [0.25, 0.3) is 0 Å². The van der Waals surface area contributed by atoms with Crippen LogP contribution in [0.1, 0.15) is 27.8 Å². The Morgan fingerprint density at radius 2 is 1.82 bits per heavy atom. The van der Waals surface area contributed by atoms with Gasteiger partial charge in [0, 0.05) is 5.69 Å². The number of hydrogen-bond acceptors (Lipinski definition) is 6. The van der Waals surface area contributed by atoms with Gasteiger partial charge in [0.2, 0.25) is 5.91 Å². The number of carbonyl (C=O) groups excluding carboxylic acids is 1. The first-order chi connectivity index (χ1) is 16.3. The number of nitriles is 1. The summed E-state index contributed by atoms with van der Waals surface area (Å²) in [6.07, 6.45) is -0.781. The Bertz CT molecular complexity index is 1220. The maximum absolute atomic E-state index is 12.7. The van der Waals surface area contributed by atoms with E-state index < -0.39 is 6.10 Å². The molecule has 0 spiro atoms. The Morgan fingerprint density at radius 3 is 2.53 bits per heavy atom. The minimum absolute atomic E-state index is 0.0140. The second-order valence-electron chi connectivity index (χ2n) is 8.20. The van der Waals surface area contributed by atoms with E-state index in [1.54, 1.807) is 30.3 Å². The second-order valence-corrected chi connectivity index (χ2v) is 8.20. The van der Waals surface area contributed by atoms with Crippen molar-refractivity contribution in [3.05, 3.63) is 82.4 Å². The SMILES string of the molecule is Cc1cc(C#N)cc(Oc2cc(CC(=O)Nc3ccc(OC[C@@H](O)CO)cc3C)ccc2C)c1. The topological polar surface area (TPSA) is 112 Å². The van der Waals surface area contributed by atoms with E-state index >= 15 is 0 Å². The van der Waals surface area contributed by atoms with Crippen LogP contribution in [-0.4, -0.2) is 35.4 Å². The zero-order valence-corrected chi connectivity index (χ0v) is 19.5. The maximum Gasteiger partial charge on any atom is 0.228 e. The zero-order valence-electron chi connectivity index (χ0n) is 19.5. The van der Waals surface area contributed by atoms with Crippen LogP contribution in [0.4, 0.5) is 5.69 Å². The monoisotopic (exact) mass is 460 g/mol. The smallest absolute Gasteiger partial charge is 0.228 e. The van der Waals surface area contributed by atoms with Gasteiger partial charge in [-0.2, -0.15) is 5.26 Å². The minimum Gasteiger partial charge on any atom is -0.491 e. The summed E-state index contributed by atoms with van der Waals surface area (Å²) < 4.78 is 11.5. The van der Waals surface area contributed by atoms with Crippen molar-refractivity contribution in [3.8, 4) is 23.3 Å². The van der Waals surface area contributed by atoms with Crippen LogP contribution in [0.3, 0.4) is 0 Å². The highest BCUT2D eigenvalue weighted by Crippen LogP contribution is 2.28. The number of carbonyl (C=O) groups is 1. The molecular formula is C27H28N2O5. The molecule has 0 radical (unpaired) electrons. The fourth-order valence-electron chi connectivity index (χ4n) is 3.35. The van der Waals surface area contributed by atoms with Crippen molar-refractivity contribution in [1.82, 2.24) is 0 Å². The van der Waals surface area contributed by atoms with Crippen LogP contribution >= 0.6 is 0 Å². The van der Waals surface area contributed by atoms with Crippen LogP contribution in [0, 0.1) is 32.1 Å². The number of anilines is 1. The van der Waals surface area contributed by atoms with Crippen molar-refractivity contribution in [2.45, 2.75) is 33.3 Å². The summed E-state index contributed by atoms with van der Waals surface area (Å²) in [4.78, 5) is 12.7. The lowest BCUT2D eigenvalue weighted by Gasteiger charge is -2.14. The molecule has 0 heterocycles. The molecule has 1 amide bonds. The summed E-state index contributed by atoms with van der Waals surface area (Å²) in [5.41, 5.74) is 4.64. The Balaban J connectivity index is 1.66. The predicted octanol–water partition coefficient (Wildman–Crippen LogP) is 4.19. The van der Waals surface area contributed by atoms with Gasteiger partial charge in [0.15, 0.2) is 0 Å². The first-order valence-corrected chi connectivity index (χ1v) is 10.9. The molecule has 34 heavy (non-hydrogen) atoms. The van der Waals surface area contributed by atoms with Gasteiger partial charge in [-0.15, -0.1) is 0 Å². The van der Waals surface area contributed by atoms with Crippen LogP contribution in [0.5, 0.6) is 17.2 Å². The molecule has 3 rings (SSSR count). The van der Waals surface area contributed by atoms with Crippen molar-refractivity contribution in [2.24, 2.45) is 0 Å². The number of ether oxygens (including phenoxy) is 2. The largest absolute Gasteiger partial charge is 0.491 e. The summed E-state index contributed by atoms with van der Waals surface area (Å²) in [5.74, 6) is 1.57. The number of nitrogens with one attached hydrogen (secondary N) is 1. The third-order valence-corrected chi connectivity index (χ3v) is 5.15. The lowest BCUT2D eigenvalue weighted by atomic mass is 10.1. The Labute approximate surface area is 199 Å². The third-order valence-electron chi connectivity index (χ3n) is 5.15. The Kier molecular flexibility index (Phi) is 8.25. The molecule has 0 aliphatic rings. The quantitative estimate of drug-likeness (QED) is 0.442. The highest BCUT2D eigenvalue weighted by molar-refractivity contribution is 5.93. The molecule has 0 fully saturated rings. The van der Waals surface area contributed by atoms with E-state index in [4.69, 9.17) is 14.6 Å². The van der Waals surface area contributed by atoms with Gasteiger partial charge >= 0.3 is 0 Å². The van der Waals surface area contributed by atoms with Gasteiger partial charge in [-0.05, 0) is 85.5 Å². The number of amides is 1. The lowest BCUT2D eigenvalue weighted by Crippen LogP contribution is -2.21. The molecule has 3 aromatic carbocycles. The van der Waals surface area contributed by atoms with E-state index in [0.717, 1.165) is 22.3 Å². The predicted molar refractivity (Wildman–Crippen MR) is 129 cm³/mol. The fraction of sp³-hybridized carbons (Fsp3) is 0.259. The molecule has 0 saturated carbocycles. The number of hydrogen-bond donors (Lipinski definition) is 3. The maximum atomic E-state index is 12.7. The number of aliphatic hydroxyl groups is 2. The van der Waals surface area contributed by atoms with Crippen LogP contribution in [0.15, 0.2) is 54.6 Å². The number of nitrogens with zero attached hydrogens (tertiary/aromatic N) is 1. The van der Waals surface area contributed by atoms with Gasteiger partial charge in [-0.25, -0.2) is 0 Å². The van der Waals surface area contributed by atoms with Crippen LogP contribution < -0.4 is 14.8 Å². The molecular weight excluding hydrogens is 432 g/mol. The van der Waals surface area contributed by atoms with E-state index in [1.165, 1.54) is 0 Å². The molecule has 0 bridgehead atoms. The van der Waals surface area contributed by atoms with Crippen LogP contribution in [0.2, 0.25) is 0 Å². The van der Waals surface area contributed by atoms with E-state index in [9.17, 15) is 15.2 Å². The summed E-state index contributed by atoms with van der Waals surface area (Å²) in [7, 11) is 0. The van der Waals surface area contributed by atoms with E-state index in [-0.39, 0.29) is 25.5 Å². The van der Waals surface area contributed by atoms with Gasteiger partial charge in [-0.1, -0.05) is 12.1 Å². The number of aryl methyl sites for hydroxylation is 3. The molecule has 3 N–H and O–H groups in total. The van der Waals surface area contributed by atoms with Crippen molar-refractivity contribution in [1.29, 1.82) is 5.26 Å². The molecule has 0 aliphatic heterocycles. The average molecular weight is 461 g/mol. The molecule has 0 aromatic heterocycles. The normalized spacial score (nSPS) is 11.4. The Morgan fingerprint density at radius 1 is 1.03 bits per heavy atom. The molecule has 7 heteroatoms. The molecule has 7 nitrogen and oxygen atoms in total. The number of aliphatic hydroxyl groups excluding tert-OH is 2. The standard InChI is InChI=1S/C27H28N2O5/c1-17-8-21(14-28)11-24(9-17)34-26-12-20(5-4-18(26)2)13-27(32)29-25-7-6-23(10-19(25)3)33-16-22(31)15-30/h4-12,22,30-31H,13,15-16H2,1-3H3,(H,29,32)/t22-/m0/s1. The minimum atomic E-state index is -0.942. The Hall–Kier alpha value is -3.86. The zero-order chi connectivity index (χ0) is 24.7. The second kappa shape index (κ2) is 11.3. The molecule has 1 atom stereocenters. The molecule has 0 aliphatic carbocycles. The molecule has 176 valence electrons. The van der Waals surface area contributed by atoms with Crippen molar-refractivity contribution < 1.29 is 24.5 Å². The molecule has 3 aromatic rings.